The predicted octanol–water partition coefficient (Wildman–Crippen LogP) is 0.688. The normalized spacial score (nSPS) is 16.3. The molecule has 0 aromatic rings. The molecule has 0 spiro atoms. The maximum Gasteiger partial charge on any atom is 0.318 e. The number of nitrogens with zero attached hydrogens (tertiary/aromatic N) is 1. The van der Waals surface area contributed by atoms with Gasteiger partial charge < -0.3 is 24.8 Å². The number of carbonyl (C=O) groups is 2. The zero-order valence-corrected chi connectivity index (χ0v) is 12.2. The Hall–Kier alpha value is -1.34. The summed E-state index contributed by atoms with van der Waals surface area (Å²) in [5.74, 6) is -0.884. The van der Waals surface area contributed by atoms with Crippen molar-refractivity contribution in [1.82, 2.24) is 10.2 Å². The lowest BCUT2D eigenvalue weighted by molar-refractivity contribution is -0.139. The average Bonchev–Trinajstić information content (AvgIpc) is 2.35. The molecule has 1 saturated carbocycles. The second kappa shape index (κ2) is 8.06. The van der Waals surface area contributed by atoms with Crippen LogP contribution in [0.2, 0.25) is 0 Å². The number of hydrogen-bond acceptors (Lipinski definition) is 4. The molecule has 116 valence electrons. The summed E-state index contributed by atoms with van der Waals surface area (Å²) in [7, 11) is 3.15. The SMILES string of the molecule is COCCN(CCOC)C(=O)NC1(CC(=O)O)CCC1. The van der Waals surface area contributed by atoms with Gasteiger partial charge in [-0.2, -0.15) is 0 Å². The summed E-state index contributed by atoms with van der Waals surface area (Å²) in [5, 5.41) is 11.8. The molecule has 0 heterocycles. The average molecular weight is 288 g/mol. The molecule has 2 amide bonds. The number of hydrogen-bond donors (Lipinski definition) is 2. The molecule has 0 aromatic carbocycles. The van der Waals surface area contributed by atoms with Crippen LogP contribution in [0.25, 0.3) is 0 Å². The van der Waals surface area contributed by atoms with Crippen molar-refractivity contribution in [2.45, 2.75) is 31.2 Å². The first-order valence-corrected chi connectivity index (χ1v) is 6.80. The van der Waals surface area contributed by atoms with Crippen LogP contribution in [0.4, 0.5) is 4.79 Å². The van der Waals surface area contributed by atoms with Crippen LogP contribution in [0.5, 0.6) is 0 Å². The minimum atomic E-state index is -0.884. The van der Waals surface area contributed by atoms with E-state index in [9.17, 15) is 9.59 Å². The highest BCUT2D eigenvalue weighted by atomic mass is 16.5. The molecule has 1 aliphatic carbocycles. The van der Waals surface area contributed by atoms with E-state index in [0.29, 0.717) is 39.1 Å². The third kappa shape index (κ3) is 4.97. The van der Waals surface area contributed by atoms with E-state index >= 15 is 0 Å². The highest BCUT2D eigenvalue weighted by Crippen LogP contribution is 2.35. The van der Waals surface area contributed by atoms with Crippen LogP contribution >= 0.6 is 0 Å². The molecule has 7 heteroatoms. The lowest BCUT2D eigenvalue weighted by Crippen LogP contribution is -2.58. The van der Waals surface area contributed by atoms with Crippen LogP contribution in [0.15, 0.2) is 0 Å². The van der Waals surface area contributed by atoms with Gasteiger partial charge in [0, 0.05) is 27.3 Å². The molecule has 1 aliphatic rings. The van der Waals surface area contributed by atoms with Crippen molar-refractivity contribution < 1.29 is 24.2 Å². The van der Waals surface area contributed by atoms with Gasteiger partial charge in [-0.05, 0) is 19.3 Å². The molecule has 0 unspecified atom stereocenters. The smallest absolute Gasteiger partial charge is 0.318 e. The van der Waals surface area contributed by atoms with Crippen molar-refractivity contribution in [3.05, 3.63) is 0 Å². The summed E-state index contributed by atoms with van der Waals surface area (Å²) in [6, 6.07) is -0.250. The molecule has 0 bridgehead atoms. The van der Waals surface area contributed by atoms with E-state index in [1.165, 1.54) is 0 Å². The van der Waals surface area contributed by atoms with E-state index in [0.717, 1.165) is 6.42 Å². The lowest BCUT2D eigenvalue weighted by Gasteiger charge is -2.42. The first-order valence-electron chi connectivity index (χ1n) is 6.80. The third-order valence-electron chi connectivity index (χ3n) is 3.59. The van der Waals surface area contributed by atoms with E-state index < -0.39 is 11.5 Å². The third-order valence-corrected chi connectivity index (χ3v) is 3.59. The van der Waals surface area contributed by atoms with Gasteiger partial charge in [-0.15, -0.1) is 0 Å². The maximum absolute atomic E-state index is 12.3. The fraction of sp³-hybridized carbons (Fsp3) is 0.846. The Morgan fingerprint density at radius 1 is 1.20 bits per heavy atom. The maximum atomic E-state index is 12.3. The highest BCUT2D eigenvalue weighted by molar-refractivity contribution is 5.77. The molecular weight excluding hydrogens is 264 g/mol. The fourth-order valence-corrected chi connectivity index (χ4v) is 2.26. The van der Waals surface area contributed by atoms with Crippen molar-refractivity contribution >= 4 is 12.0 Å². The van der Waals surface area contributed by atoms with Gasteiger partial charge in [-0.3, -0.25) is 4.79 Å². The van der Waals surface area contributed by atoms with Crippen molar-refractivity contribution in [1.29, 1.82) is 0 Å². The molecule has 0 saturated heterocycles. The van der Waals surface area contributed by atoms with Gasteiger partial charge in [0.15, 0.2) is 0 Å². The second-order valence-corrected chi connectivity index (χ2v) is 5.11. The number of carboxylic acids is 1. The van der Waals surface area contributed by atoms with Crippen molar-refractivity contribution in [3.63, 3.8) is 0 Å². The summed E-state index contributed by atoms with van der Waals surface area (Å²) < 4.78 is 9.96. The van der Waals surface area contributed by atoms with Crippen LogP contribution in [-0.4, -0.2) is 68.1 Å². The van der Waals surface area contributed by atoms with Gasteiger partial charge in [0.1, 0.15) is 0 Å². The van der Waals surface area contributed by atoms with Crippen LogP contribution in [-0.2, 0) is 14.3 Å². The number of methoxy groups -OCH3 is 2. The molecule has 0 radical (unpaired) electrons. The fourth-order valence-electron chi connectivity index (χ4n) is 2.26. The summed E-state index contributed by atoms with van der Waals surface area (Å²) >= 11 is 0. The number of aliphatic carboxylic acids is 1. The molecule has 7 nitrogen and oxygen atoms in total. The van der Waals surface area contributed by atoms with Crippen LogP contribution in [0, 0.1) is 0 Å². The Morgan fingerprint density at radius 2 is 1.75 bits per heavy atom. The molecule has 0 aromatic heterocycles. The van der Waals surface area contributed by atoms with Crippen LogP contribution in [0.3, 0.4) is 0 Å². The van der Waals surface area contributed by atoms with Crippen molar-refractivity contribution in [2.75, 3.05) is 40.5 Å². The van der Waals surface area contributed by atoms with Gasteiger partial charge in [0.2, 0.25) is 0 Å². The van der Waals surface area contributed by atoms with E-state index in [1.54, 1.807) is 19.1 Å². The first kappa shape index (κ1) is 16.7. The number of rotatable bonds is 9. The van der Waals surface area contributed by atoms with Crippen molar-refractivity contribution in [3.8, 4) is 0 Å². The monoisotopic (exact) mass is 288 g/mol. The molecule has 1 fully saturated rings. The molecule has 1 rings (SSSR count). The number of carbonyl (C=O) groups excluding carboxylic acids is 1. The Morgan fingerprint density at radius 3 is 2.10 bits per heavy atom. The topological polar surface area (TPSA) is 88.1 Å². The zero-order chi connectivity index (χ0) is 15.0. The van der Waals surface area contributed by atoms with E-state index in [1.807, 2.05) is 0 Å². The molecular formula is C13H24N2O5. The Labute approximate surface area is 119 Å². The second-order valence-electron chi connectivity index (χ2n) is 5.11. The number of ether oxygens (including phenoxy) is 2. The first-order chi connectivity index (χ1) is 9.53. The quantitative estimate of drug-likeness (QED) is 0.651. The minimum absolute atomic E-state index is 0.0267. The van der Waals surface area contributed by atoms with E-state index in [4.69, 9.17) is 14.6 Å². The highest BCUT2D eigenvalue weighted by Gasteiger charge is 2.41. The van der Waals surface area contributed by atoms with Gasteiger partial charge >= 0.3 is 12.0 Å². The summed E-state index contributed by atoms with van der Waals surface area (Å²) in [4.78, 5) is 24.7. The van der Waals surface area contributed by atoms with Crippen molar-refractivity contribution in [2.24, 2.45) is 0 Å². The number of amides is 2. The molecule has 0 aliphatic heterocycles. The van der Waals surface area contributed by atoms with Gasteiger partial charge in [-0.25, -0.2) is 4.79 Å². The summed E-state index contributed by atoms with van der Waals surface area (Å²) in [5.41, 5.74) is -0.582. The Balaban J connectivity index is 2.56. The van der Waals surface area contributed by atoms with Crippen LogP contribution < -0.4 is 5.32 Å². The molecule has 0 atom stereocenters. The van der Waals surface area contributed by atoms with Crippen LogP contribution in [0.1, 0.15) is 25.7 Å². The predicted molar refractivity (Wildman–Crippen MR) is 72.7 cm³/mol. The standard InChI is InChI=1S/C13H24N2O5/c1-19-8-6-15(7-9-20-2)12(18)14-13(4-3-5-13)10-11(16)17/h3-10H2,1-2H3,(H,14,18)(H,16,17). The Bertz CT molecular complexity index is 323. The Kier molecular flexibility index (Phi) is 6.74. The number of urea groups is 1. The zero-order valence-electron chi connectivity index (χ0n) is 12.2. The van der Waals surface area contributed by atoms with Gasteiger partial charge in [0.05, 0.1) is 25.2 Å². The minimum Gasteiger partial charge on any atom is -0.481 e. The largest absolute Gasteiger partial charge is 0.481 e. The molecule has 20 heavy (non-hydrogen) atoms. The van der Waals surface area contributed by atoms with E-state index in [-0.39, 0.29) is 12.5 Å². The van der Waals surface area contributed by atoms with E-state index in [2.05, 4.69) is 5.32 Å². The number of nitrogens with one attached hydrogen (secondary N) is 1. The lowest BCUT2D eigenvalue weighted by atomic mass is 9.74. The summed E-state index contributed by atoms with van der Waals surface area (Å²) in [6.07, 6.45) is 2.35. The van der Waals surface area contributed by atoms with Gasteiger partial charge in [-0.1, -0.05) is 0 Å². The van der Waals surface area contributed by atoms with Gasteiger partial charge in [0.25, 0.3) is 0 Å². The molecule has 2 N–H and O–H groups in total. The number of carboxylic acid groups (broad SMARTS) is 1. The summed E-state index contributed by atoms with van der Waals surface area (Å²) in [6.45, 7) is 1.77.